The summed E-state index contributed by atoms with van der Waals surface area (Å²) in [6.07, 6.45) is -4.24. The van der Waals surface area contributed by atoms with Crippen LogP contribution in [0.3, 0.4) is 0 Å². The first kappa shape index (κ1) is 19.7. The third kappa shape index (κ3) is 4.94. The summed E-state index contributed by atoms with van der Waals surface area (Å²) < 4.78 is 57.0. The van der Waals surface area contributed by atoms with E-state index in [0.717, 1.165) is 35.9 Å². The maximum absolute atomic E-state index is 14.2. The molecule has 2 rings (SSSR count). The molecule has 0 radical (unpaired) electrons. The number of benzene rings is 2. The Morgan fingerprint density at radius 1 is 1.15 bits per heavy atom. The number of hydrogen-bond donors (Lipinski definition) is 0. The summed E-state index contributed by atoms with van der Waals surface area (Å²) in [5, 5.41) is 0. The molecule has 0 spiro atoms. The van der Waals surface area contributed by atoms with Crippen LogP contribution < -0.4 is 4.74 Å². The van der Waals surface area contributed by atoms with Crippen molar-refractivity contribution in [2.45, 2.75) is 26.4 Å². The van der Waals surface area contributed by atoms with E-state index in [0.29, 0.717) is 0 Å². The van der Waals surface area contributed by atoms with E-state index in [9.17, 15) is 22.4 Å². The molecule has 2 aromatic rings. The van der Waals surface area contributed by atoms with Crippen molar-refractivity contribution >= 4 is 5.78 Å². The van der Waals surface area contributed by atoms with Crippen LogP contribution in [0.2, 0.25) is 0 Å². The largest absolute Gasteiger partial charge is 0.454 e. The summed E-state index contributed by atoms with van der Waals surface area (Å²) in [6.45, 7) is 7.46. The third-order valence-corrected chi connectivity index (χ3v) is 4.00. The fraction of sp³-hybridized carbons (Fsp3) is 0.250. The first-order chi connectivity index (χ1) is 12.1. The van der Waals surface area contributed by atoms with Gasteiger partial charge >= 0.3 is 6.18 Å². The van der Waals surface area contributed by atoms with E-state index in [1.165, 1.54) is 12.1 Å². The highest BCUT2D eigenvalue weighted by Crippen LogP contribution is 2.32. The van der Waals surface area contributed by atoms with Gasteiger partial charge < -0.3 is 4.74 Å². The van der Waals surface area contributed by atoms with E-state index in [-0.39, 0.29) is 35.2 Å². The Hall–Kier alpha value is -2.63. The minimum absolute atomic E-state index is 0.0198. The molecule has 0 saturated carbocycles. The van der Waals surface area contributed by atoms with Gasteiger partial charge in [0.15, 0.2) is 17.3 Å². The van der Waals surface area contributed by atoms with Gasteiger partial charge in [0.2, 0.25) is 0 Å². The molecule has 0 bridgehead atoms. The average molecular weight is 366 g/mol. The van der Waals surface area contributed by atoms with E-state index in [4.69, 9.17) is 4.74 Å². The molecule has 1 atom stereocenters. The first-order valence-corrected chi connectivity index (χ1v) is 7.91. The molecule has 1 unspecified atom stereocenters. The molecule has 6 heteroatoms. The molecule has 0 aliphatic rings. The Balaban J connectivity index is 2.12. The second-order valence-electron chi connectivity index (χ2n) is 6.14. The fourth-order valence-corrected chi connectivity index (χ4v) is 2.17. The van der Waals surface area contributed by atoms with Crippen molar-refractivity contribution < 1.29 is 27.1 Å². The highest BCUT2D eigenvalue weighted by Gasteiger charge is 2.30. The molecule has 26 heavy (non-hydrogen) atoms. The number of alkyl halides is 3. The lowest BCUT2D eigenvalue weighted by molar-refractivity contribution is -0.137. The SMILES string of the molecule is C=C(C)C(C)CC(=O)c1ccc(Oc2ccc(C(F)(F)F)cc2)c(F)c1. The van der Waals surface area contributed by atoms with Crippen molar-refractivity contribution in [2.75, 3.05) is 0 Å². The fourth-order valence-electron chi connectivity index (χ4n) is 2.17. The summed E-state index contributed by atoms with van der Waals surface area (Å²) in [5.41, 5.74) is 0.245. The van der Waals surface area contributed by atoms with Crippen LogP contribution in [0.5, 0.6) is 11.5 Å². The Kier molecular flexibility index (Phi) is 5.85. The van der Waals surface area contributed by atoms with Crippen molar-refractivity contribution in [1.82, 2.24) is 0 Å². The summed E-state index contributed by atoms with van der Waals surface area (Å²) >= 11 is 0. The number of ether oxygens (including phenoxy) is 1. The Labute approximate surface area is 149 Å². The second kappa shape index (κ2) is 7.72. The number of carbonyl (C=O) groups excluding carboxylic acids is 1. The molecule has 0 heterocycles. The van der Waals surface area contributed by atoms with Gasteiger partial charge in [-0.2, -0.15) is 13.2 Å². The molecule has 0 aliphatic heterocycles. The van der Waals surface area contributed by atoms with Crippen LogP contribution in [-0.2, 0) is 6.18 Å². The molecule has 0 fully saturated rings. The smallest absolute Gasteiger partial charge is 0.416 e. The Morgan fingerprint density at radius 2 is 1.77 bits per heavy atom. The molecular formula is C20H18F4O2. The third-order valence-electron chi connectivity index (χ3n) is 4.00. The van der Waals surface area contributed by atoms with Crippen LogP contribution in [0.15, 0.2) is 54.6 Å². The highest BCUT2D eigenvalue weighted by atomic mass is 19.4. The van der Waals surface area contributed by atoms with Gasteiger partial charge in [0, 0.05) is 12.0 Å². The number of rotatable bonds is 6. The van der Waals surface area contributed by atoms with Crippen molar-refractivity contribution in [3.63, 3.8) is 0 Å². The number of allylic oxidation sites excluding steroid dienone is 1. The summed E-state index contributed by atoms with van der Waals surface area (Å²) in [5.74, 6) is -1.12. The van der Waals surface area contributed by atoms with Gasteiger partial charge in [-0.25, -0.2) is 4.39 Å². The van der Waals surface area contributed by atoms with E-state index in [1.807, 2.05) is 13.8 Å². The van der Waals surface area contributed by atoms with Crippen molar-refractivity contribution in [1.29, 1.82) is 0 Å². The summed E-state index contributed by atoms with van der Waals surface area (Å²) in [4.78, 5) is 12.2. The molecule has 2 nitrogen and oxygen atoms in total. The summed E-state index contributed by atoms with van der Waals surface area (Å²) in [7, 11) is 0. The van der Waals surface area contributed by atoms with Crippen LogP contribution in [-0.4, -0.2) is 5.78 Å². The quantitative estimate of drug-likeness (QED) is 0.335. The molecule has 0 amide bonds. The number of ketones is 1. The van der Waals surface area contributed by atoms with Gasteiger partial charge in [-0.05, 0) is 55.3 Å². The Bertz CT molecular complexity index is 808. The van der Waals surface area contributed by atoms with Crippen LogP contribution >= 0.6 is 0 Å². The number of carbonyl (C=O) groups is 1. The standard InChI is InChI=1S/C20H18F4O2/c1-12(2)13(3)10-18(25)14-4-9-19(17(21)11-14)26-16-7-5-15(6-8-16)20(22,23)24/h4-9,11,13H,1,10H2,2-3H3. The zero-order valence-corrected chi connectivity index (χ0v) is 14.4. The first-order valence-electron chi connectivity index (χ1n) is 7.91. The minimum Gasteiger partial charge on any atom is -0.454 e. The summed E-state index contributed by atoms with van der Waals surface area (Å²) in [6, 6.07) is 7.69. The molecule has 0 aliphatic carbocycles. The van der Waals surface area contributed by atoms with Gasteiger partial charge in [-0.1, -0.05) is 19.1 Å². The highest BCUT2D eigenvalue weighted by molar-refractivity contribution is 5.96. The van der Waals surface area contributed by atoms with Crippen molar-refractivity contribution in [3.05, 3.63) is 71.6 Å². The molecule has 138 valence electrons. The van der Waals surface area contributed by atoms with Crippen molar-refractivity contribution in [3.8, 4) is 11.5 Å². The van der Waals surface area contributed by atoms with E-state index in [1.54, 1.807) is 0 Å². The minimum atomic E-state index is -4.45. The molecule has 0 aromatic heterocycles. The lowest BCUT2D eigenvalue weighted by Gasteiger charge is -2.12. The predicted octanol–water partition coefficient (Wildman–Crippen LogP) is 6.42. The molecule has 2 aromatic carbocycles. The zero-order chi connectivity index (χ0) is 19.5. The number of Topliss-reactive ketones (excluding diaryl/α,β-unsaturated/α-hetero) is 1. The van der Waals surface area contributed by atoms with Crippen LogP contribution in [0.25, 0.3) is 0 Å². The maximum Gasteiger partial charge on any atom is 0.416 e. The van der Waals surface area contributed by atoms with Crippen LogP contribution in [0.4, 0.5) is 17.6 Å². The van der Waals surface area contributed by atoms with Crippen LogP contribution in [0.1, 0.15) is 36.2 Å². The molecule has 0 saturated heterocycles. The van der Waals surface area contributed by atoms with Crippen LogP contribution in [0, 0.1) is 11.7 Å². The van der Waals surface area contributed by atoms with Gasteiger partial charge in [-0.3, -0.25) is 4.79 Å². The van der Waals surface area contributed by atoms with Gasteiger partial charge in [0.05, 0.1) is 5.56 Å². The number of hydrogen-bond acceptors (Lipinski definition) is 2. The lowest BCUT2D eigenvalue weighted by Crippen LogP contribution is -2.07. The lowest BCUT2D eigenvalue weighted by atomic mass is 9.95. The van der Waals surface area contributed by atoms with E-state index < -0.39 is 17.6 Å². The van der Waals surface area contributed by atoms with Gasteiger partial charge in [0.25, 0.3) is 0 Å². The molecular weight excluding hydrogens is 348 g/mol. The Morgan fingerprint density at radius 3 is 2.27 bits per heavy atom. The topological polar surface area (TPSA) is 26.3 Å². The van der Waals surface area contributed by atoms with Gasteiger partial charge in [0.1, 0.15) is 5.75 Å². The van der Waals surface area contributed by atoms with E-state index >= 15 is 0 Å². The predicted molar refractivity (Wildman–Crippen MR) is 90.8 cm³/mol. The monoisotopic (exact) mass is 366 g/mol. The second-order valence-corrected chi connectivity index (χ2v) is 6.14. The maximum atomic E-state index is 14.2. The average Bonchev–Trinajstić information content (AvgIpc) is 2.56. The normalized spacial score (nSPS) is 12.5. The van der Waals surface area contributed by atoms with Gasteiger partial charge in [-0.15, -0.1) is 0 Å². The number of halogens is 4. The zero-order valence-electron chi connectivity index (χ0n) is 14.4. The molecule has 0 N–H and O–H groups in total. The van der Waals surface area contributed by atoms with E-state index in [2.05, 4.69) is 6.58 Å². The van der Waals surface area contributed by atoms with Crippen molar-refractivity contribution in [2.24, 2.45) is 5.92 Å².